The molecular weight excluding hydrogens is 297 g/mol. The molecule has 6 heteroatoms. The lowest BCUT2D eigenvalue weighted by atomic mass is 10.2. The number of benzene rings is 1. The molecular formula is C11H16Cl2O2P2. The van der Waals surface area contributed by atoms with E-state index < -0.39 is 0 Å². The summed E-state index contributed by atoms with van der Waals surface area (Å²) in [6, 6.07) is 10.3. The van der Waals surface area contributed by atoms with Crippen LogP contribution in [0.1, 0.15) is 11.0 Å². The average Bonchev–Trinajstić information content (AvgIpc) is 2.38. The van der Waals surface area contributed by atoms with Crippen LogP contribution >= 0.6 is 40.8 Å². The molecule has 0 bridgehead atoms. The van der Waals surface area contributed by atoms with Gasteiger partial charge in [0.1, 0.15) is 0 Å². The average molecular weight is 313 g/mol. The standard InChI is InChI=1S/C11H16Cl2O2P2/c12-6-8-14-16-11(17-15-9-7-13)10-4-2-1-3-5-10/h1-5,11,16-17H,6-9H2. The fourth-order valence-corrected chi connectivity index (χ4v) is 3.70. The Hall–Kier alpha value is 0.580. The Balaban J connectivity index is 2.46. The molecule has 0 fully saturated rings. The van der Waals surface area contributed by atoms with E-state index in [1.807, 2.05) is 18.2 Å². The van der Waals surface area contributed by atoms with Crippen LogP contribution in [-0.2, 0) is 9.05 Å². The van der Waals surface area contributed by atoms with Crippen molar-refractivity contribution in [2.24, 2.45) is 0 Å². The highest BCUT2D eigenvalue weighted by Crippen LogP contribution is 2.48. The summed E-state index contributed by atoms with van der Waals surface area (Å²) in [5, 5.41) is 0.294. The molecule has 0 radical (unpaired) electrons. The Labute approximate surface area is 116 Å². The fourth-order valence-electron chi connectivity index (χ4n) is 1.17. The monoisotopic (exact) mass is 312 g/mol. The van der Waals surface area contributed by atoms with Crippen molar-refractivity contribution in [3.8, 4) is 0 Å². The number of halogens is 2. The number of rotatable bonds is 9. The molecule has 0 spiro atoms. The maximum atomic E-state index is 5.59. The van der Waals surface area contributed by atoms with E-state index >= 15 is 0 Å². The predicted molar refractivity (Wildman–Crippen MR) is 79.2 cm³/mol. The fraction of sp³-hybridized carbons (Fsp3) is 0.455. The third-order valence-electron chi connectivity index (χ3n) is 1.89. The Morgan fingerprint density at radius 2 is 1.47 bits per heavy atom. The van der Waals surface area contributed by atoms with Crippen LogP contribution in [0, 0.1) is 0 Å². The van der Waals surface area contributed by atoms with Gasteiger partial charge in [-0.3, -0.25) is 0 Å². The van der Waals surface area contributed by atoms with Crippen molar-refractivity contribution in [1.29, 1.82) is 0 Å². The third kappa shape index (κ3) is 6.91. The first-order chi connectivity index (χ1) is 8.38. The van der Waals surface area contributed by atoms with Gasteiger partial charge in [0.2, 0.25) is 0 Å². The molecule has 1 aromatic rings. The summed E-state index contributed by atoms with van der Waals surface area (Å²) >= 11 is 11.2. The first-order valence-corrected chi connectivity index (χ1v) is 8.34. The van der Waals surface area contributed by atoms with Crippen LogP contribution in [0.4, 0.5) is 0 Å². The van der Waals surface area contributed by atoms with Gasteiger partial charge in [0.05, 0.1) is 18.6 Å². The summed E-state index contributed by atoms with van der Waals surface area (Å²) in [4.78, 5) is 0. The zero-order chi connectivity index (χ0) is 12.3. The largest absolute Gasteiger partial charge is 0.360 e. The van der Waals surface area contributed by atoms with Gasteiger partial charge in [0.15, 0.2) is 0 Å². The van der Waals surface area contributed by atoms with Gasteiger partial charge in [-0.05, 0) is 5.56 Å². The third-order valence-corrected chi connectivity index (χ3v) is 4.79. The lowest BCUT2D eigenvalue weighted by molar-refractivity contribution is 0.380. The van der Waals surface area contributed by atoms with Crippen molar-refractivity contribution >= 4 is 40.8 Å². The molecule has 0 aliphatic rings. The summed E-state index contributed by atoms with van der Waals surface area (Å²) in [5.41, 5.74) is 1.24. The molecule has 0 aliphatic carbocycles. The van der Waals surface area contributed by atoms with E-state index in [4.69, 9.17) is 32.2 Å². The first kappa shape index (κ1) is 15.6. The van der Waals surface area contributed by atoms with Gasteiger partial charge in [-0.1, -0.05) is 30.3 Å². The van der Waals surface area contributed by atoms with E-state index in [1.165, 1.54) is 5.56 Å². The van der Waals surface area contributed by atoms with Gasteiger partial charge in [-0.2, -0.15) is 0 Å². The van der Waals surface area contributed by atoms with E-state index in [1.54, 1.807) is 0 Å². The summed E-state index contributed by atoms with van der Waals surface area (Å²) in [7, 11) is 0.757. The molecule has 1 aromatic carbocycles. The van der Waals surface area contributed by atoms with Crippen molar-refractivity contribution in [2.45, 2.75) is 5.40 Å². The van der Waals surface area contributed by atoms with Crippen molar-refractivity contribution in [3.63, 3.8) is 0 Å². The highest BCUT2D eigenvalue weighted by Gasteiger charge is 2.12. The molecule has 2 nitrogen and oxygen atoms in total. The van der Waals surface area contributed by atoms with Gasteiger partial charge in [-0.25, -0.2) is 0 Å². The van der Waals surface area contributed by atoms with E-state index in [0.29, 0.717) is 48.0 Å². The van der Waals surface area contributed by atoms with E-state index in [0.717, 1.165) is 0 Å². The van der Waals surface area contributed by atoms with E-state index in [2.05, 4.69) is 12.1 Å². The summed E-state index contributed by atoms with van der Waals surface area (Å²) in [5.74, 6) is 1.06. The van der Waals surface area contributed by atoms with E-state index in [-0.39, 0.29) is 0 Å². The molecule has 96 valence electrons. The van der Waals surface area contributed by atoms with Crippen LogP contribution in [0.3, 0.4) is 0 Å². The molecule has 0 aliphatic heterocycles. The molecule has 0 amide bonds. The molecule has 2 atom stereocenters. The first-order valence-electron chi connectivity index (χ1n) is 5.30. The minimum absolute atomic E-state index is 0.294. The minimum Gasteiger partial charge on any atom is -0.360 e. The summed E-state index contributed by atoms with van der Waals surface area (Å²) in [6.07, 6.45) is 0. The van der Waals surface area contributed by atoms with Crippen LogP contribution in [0.15, 0.2) is 30.3 Å². The Kier molecular flexibility index (Phi) is 9.66. The van der Waals surface area contributed by atoms with Gasteiger partial charge in [0.25, 0.3) is 0 Å². The quantitative estimate of drug-likeness (QED) is 0.382. The number of hydrogen-bond acceptors (Lipinski definition) is 2. The maximum Gasteiger partial charge on any atom is 0.0673 e. The Bertz CT molecular complexity index is 278. The zero-order valence-electron chi connectivity index (χ0n) is 9.36. The lowest BCUT2D eigenvalue weighted by Crippen LogP contribution is -1.93. The molecule has 2 unspecified atom stereocenters. The molecule has 17 heavy (non-hydrogen) atoms. The highest BCUT2D eigenvalue weighted by atomic mass is 35.5. The molecule has 0 saturated carbocycles. The summed E-state index contributed by atoms with van der Waals surface area (Å²) in [6.45, 7) is 1.17. The second-order valence-electron chi connectivity index (χ2n) is 3.15. The number of hydrogen-bond donors (Lipinski definition) is 0. The predicted octanol–water partition coefficient (Wildman–Crippen LogP) is 4.38. The van der Waals surface area contributed by atoms with Crippen molar-refractivity contribution < 1.29 is 9.05 Å². The van der Waals surface area contributed by atoms with Gasteiger partial charge >= 0.3 is 0 Å². The van der Waals surface area contributed by atoms with Crippen molar-refractivity contribution in [2.75, 3.05) is 25.0 Å². The molecule has 1 rings (SSSR count). The van der Waals surface area contributed by atoms with Crippen LogP contribution in [0.2, 0.25) is 0 Å². The Morgan fingerprint density at radius 3 is 1.94 bits per heavy atom. The van der Waals surface area contributed by atoms with Crippen LogP contribution in [0.25, 0.3) is 0 Å². The lowest BCUT2D eigenvalue weighted by Gasteiger charge is -2.16. The molecule has 0 heterocycles. The van der Waals surface area contributed by atoms with Crippen LogP contribution < -0.4 is 0 Å². The number of alkyl halides is 2. The topological polar surface area (TPSA) is 18.5 Å². The smallest absolute Gasteiger partial charge is 0.0673 e. The van der Waals surface area contributed by atoms with Crippen LogP contribution in [-0.4, -0.2) is 25.0 Å². The van der Waals surface area contributed by atoms with Crippen LogP contribution in [0.5, 0.6) is 0 Å². The second-order valence-corrected chi connectivity index (χ2v) is 6.69. The zero-order valence-corrected chi connectivity index (χ0v) is 12.9. The SMILES string of the molecule is ClCCOPC(POCCCl)c1ccccc1. The second kappa shape index (κ2) is 10.5. The summed E-state index contributed by atoms with van der Waals surface area (Å²) < 4.78 is 11.0. The minimum atomic E-state index is 0.294. The van der Waals surface area contributed by atoms with Crippen molar-refractivity contribution in [3.05, 3.63) is 35.9 Å². The van der Waals surface area contributed by atoms with Crippen molar-refractivity contribution in [1.82, 2.24) is 0 Å². The Morgan fingerprint density at radius 1 is 0.941 bits per heavy atom. The maximum absolute atomic E-state index is 5.59. The molecule has 0 saturated heterocycles. The molecule has 0 aromatic heterocycles. The van der Waals surface area contributed by atoms with Gasteiger partial charge in [-0.15, -0.1) is 23.2 Å². The van der Waals surface area contributed by atoms with E-state index in [9.17, 15) is 0 Å². The molecule has 0 N–H and O–H groups in total. The highest BCUT2D eigenvalue weighted by molar-refractivity contribution is 7.51. The van der Waals surface area contributed by atoms with Gasteiger partial charge < -0.3 is 9.05 Å². The van der Waals surface area contributed by atoms with Gasteiger partial charge in [0, 0.05) is 29.4 Å². The normalized spacial score (nSPS) is 14.0.